The Hall–Kier alpha value is -3.35. The lowest BCUT2D eigenvalue weighted by Gasteiger charge is -2.33. The van der Waals surface area contributed by atoms with Crippen LogP contribution in [0.15, 0.2) is 53.3 Å². The van der Waals surface area contributed by atoms with Crippen molar-refractivity contribution in [2.24, 2.45) is 0 Å². The van der Waals surface area contributed by atoms with Crippen molar-refractivity contribution in [2.75, 3.05) is 6.54 Å². The highest BCUT2D eigenvalue weighted by molar-refractivity contribution is 5.94. The molecule has 0 saturated carbocycles. The van der Waals surface area contributed by atoms with E-state index in [-0.39, 0.29) is 24.3 Å². The van der Waals surface area contributed by atoms with Crippen molar-refractivity contribution in [3.05, 3.63) is 77.3 Å². The molecular formula is C22H24N4O3. The van der Waals surface area contributed by atoms with Crippen LogP contribution in [0.1, 0.15) is 46.2 Å². The van der Waals surface area contributed by atoms with Crippen molar-refractivity contribution in [2.45, 2.75) is 39.4 Å². The van der Waals surface area contributed by atoms with E-state index in [9.17, 15) is 9.59 Å². The van der Waals surface area contributed by atoms with Crippen LogP contribution in [0.25, 0.3) is 0 Å². The highest BCUT2D eigenvalue weighted by atomic mass is 16.3. The summed E-state index contributed by atoms with van der Waals surface area (Å²) in [4.78, 5) is 31.7. The number of rotatable bonds is 5. The highest BCUT2D eigenvalue weighted by Crippen LogP contribution is 2.26. The molecule has 7 heteroatoms. The quantitative estimate of drug-likeness (QED) is 0.724. The number of aromatic nitrogens is 2. The summed E-state index contributed by atoms with van der Waals surface area (Å²) in [5, 5.41) is 2.83. The van der Waals surface area contributed by atoms with Crippen LogP contribution in [-0.4, -0.2) is 32.8 Å². The number of carbonyl (C=O) groups excluding carboxylic acids is 2. The summed E-state index contributed by atoms with van der Waals surface area (Å²) in [7, 11) is 0. The number of imidazole rings is 1. The lowest BCUT2D eigenvalue weighted by molar-refractivity contribution is -0.120. The van der Waals surface area contributed by atoms with Crippen molar-refractivity contribution in [1.29, 1.82) is 0 Å². The fourth-order valence-electron chi connectivity index (χ4n) is 3.68. The molecule has 1 N–H and O–H groups in total. The Morgan fingerprint density at radius 3 is 2.86 bits per heavy atom. The van der Waals surface area contributed by atoms with Gasteiger partial charge in [0, 0.05) is 24.8 Å². The molecule has 0 aliphatic carbocycles. The first kappa shape index (κ1) is 19.0. The fourth-order valence-corrected chi connectivity index (χ4v) is 3.68. The van der Waals surface area contributed by atoms with Gasteiger partial charge in [-0.2, -0.15) is 0 Å². The number of aryl methyl sites for hydroxylation is 1. The summed E-state index contributed by atoms with van der Waals surface area (Å²) in [6.07, 6.45) is 3.68. The topological polar surface area (TPSA) is 80.4 Å². The third-order valence-corrected chi connectivity index (χ3v) is 5.19. The zero-order valence-electron chi connectivity index (χ0n) is 16.6. The molecule has 3 aromatic rings. The molecule has 4 rings (SSSR count). The molecule has 2 aromatic heterocycles. The standard InChI is InChI=1S/C22H24N4O3/c1-15-5-3-6-17(11-15)22(28)26-9-8-25-14-18(24-21(25)16(26)2)12-20(27)23-13-19-7-4-10-29-19/h3-7,10-11,14,16H,8-9,12-13H2,1-2H3,(H,23,27)/t16-/m1/s1. The van der Waals surface area contributed by atoms with Crippen molar-refractivity contribution < 1.29 is 14.0 Å². The van der Waals surface area contributed by atoms with Gasteiger partial charge >= 0.3 is 0 Å². The minimum Gasteiger partial charge on any atom is -0.467 e. The number of fused-ring (bicyclic) bond motifs is 1. The smallest absolute Gasteiger partial charge is 0.254 e. The molecule has 1 aromatic carbocycles. The minimum absolute atomic E-state index is 0.00758. The number of hydrogen-bond donors (Lipinski definition) is 1. The van der Waals surface area contributed by atoms with Gasteiger partial charge in [-0.15, -0.1) is 0 Å². The van der Waals surface area contributed by atoms with Crippen LogP contribution in [-0.2, 0) is 24.3 Å². The van der Waals surface area contributed by atoms with Crippen LogP contribution in [0.2, 0.25) is 0 Å². The van der Waals surface area contributed by atoms with Gasteiger partial charge in [-0.1, -0.05) is 17.7 Å². The molecule has 0 radical (unpaired) electrons. The third kappa shape index (κ3) is 4.08. The number of amides is 2. The maximum absolute atomic E-state index is 13.0. The summed E-state index contributed by atoms with van der Waals surface area (Å²) in [5.74, 6) is 1.41. The van der Waals surface area contributed by atoms with Crippen molar-refractivity contribution in [1.82, 2.24) is 19.8 Å². The summed E-state index contributed by atoms with van der Waals surface area (Å²) in [5.41, 5.74) is 2.45. The second-order valence-electron chi connectivity index (χ2n) is 7.36. The summed E-state index contributed by atoms with van der Waals surface area (Å²) in [6.45, 7) is 5.59. The number of benzene rings is 1. The van der Waals surface area contributed by atoms with Gasteiger partial charge in [-0.05, 0) is 38.1 Å². The molecule has 0 fully saturated rings. The van der Waals surface area contributed by atoms with E-state index in [1.165, 1.54) is 0 Å². The van der Waals surface area contributed by atoms with E-state index in [1.807, 2.05) is 59.8 Å². The van der Waals surface area contributed by atoms with Crippen LogP contribution in [0.5, 0.6) is 0 Å². The first-order valence-corrected chi connectivity index (χ1v) is 9.74. The molecule has 1 aliphatic heterocycles. The number of nitrogens with one attached hydrogen (secondary N) is 1. The van der Waals surface area contributed by atoms with Crippen LogP contribution >= 0.6 is 0 Å². The SMILES string of the molecule is Cc1cccc(C(=O)N2CCn3cc(CC(=O)NCc4ccco4)nc3[C@H]2C)c1. The van der Waals surface area contributed by atoms with E-state index < -0.39 is 0 Å². The monoisotopic (exact) mass is 392 g/mol. The first-order valence-electron chi connectivity index (χ1n) is 9.74. The Bertz CT molecular complexity index is 1020. The van der Waals surface area contributed by atoms with E-state index in [4.69, 9.17) is 4.42 Å². The van der Waals surface area contributed by atoms with Crippen LogP contribution in [0.3, 0.4) is 0 Å². The van der Waals surface area contributed by atoms with E-state index in [1.54, 1.807) is 12.3 Å². The van der Waals surface area contributed by atoms with E-state index in [2.05, 4.69) is 10.3 Å². The van der Waals surface area contributed by atoms with Gasteiger partial charge in [-0.25, -0.2) is 4.98 Å². The Morgan fingerprint density at radius 2 is 2.10 bits per heavy atom. The first-order chi connectivity index (χ1) is 14.0. The van der Waals surface area contributed by atoms with Gasteiger partial charge in [0.25, 0.3) is 5.91 Å². The Balaban J connectivity index is 1.43. The normalized spacial score (nSPS) is 15.8. The Morgan fingerprint density at radius 1 is 1.24 bits per heavy atom. The molecule has 0 saturated heterocycles. The maximum Gasteiger partial charge on any atom is 0.254 e. The van der Waals surface area contributed by atoms with Crippen molar-refractivity contribution >= 4 is 11.8 Å². The molecule has 3 heterocycles. The predicted molar refractivity (Wildman–Crippen MR) is 107 cm³/mol. The Labute approximate surface area is 169 Å². The number of hydrogen-bond acceptors (Lipinski definition) is 4. The molecule has 1 aliphatic rings. The van der Waals surface area contributed by atoms with Gasteiger partial charge in [0.1, 0.15) is 11.6 Å². The molecular weight excluding hydrogens is 368 g/mol. The second kappa shape index (κ2) is 7.95. The molecule has 7 nitrogen and oxygen atoms in total. The predicted octanol–water partition coefficient (Wildman–Crippen LogP) is 2.86. The zero-order valence-corrected chi connectivity index (χ0v) is 16.6. The number of nitrogens with zero attached hydrogens (tertiary/aromatic N) is 3. The van der Waals surface area contributed by atoms with E-state index in [0.717, 1.165) is 11.4 Å². The fraction of sp³-hybridized carbons (Fsp3) is 0.318. The van der Waals surface area contributed by atoms with Gasteiger partial charge in [0.05, 0.1) is 31.0 Å². The zero-order chi connectivity index (χ0) is 20.4. The van der Waals surface area contributed by atoms with Gasteiger partial charge in [0.2, 0.25) is 5.91 Å². The van der Waals surface area contributed by atoms with Crippen LogP contribution in [0.4, 0.5) is 0 Å². The minimum atomic E-state index is -0.156. The number of furan rings is 1. The second-order valence-corrected chi connectivity index (χ2v) is 7.36. The average Bonchev–Trinajstić information content (AvgIpc) is 3.36. The third-order valence-electron chi connectivity index (χ3n) is 5.19. The van der Waals surface area contributed by atoms with Crippen LogP contribution < -0.4 is 5.32 Å². The maximum atomic E-state index is 13.0. The molecule has 2 amide bonds. The Kier molecular flexibility index (Phi) is 5.20. The summed E-state index contributed by atoms with van der Waals surface area (Å²) < 4.78 is 7.26. The van der Waals surface area contributed by atoms with Crippen molar-refractivity contribution in [3.8, 4) is 0 Å². The molecule has 0 unspecified atom stereocenters. The average molecular weight is 392 g/mol. The highest BCUT2D eigenvalue weighted by Gasteiger charge is 2.30. The molecule has 0 bridgehead atoms. The lowest BCUT2D eigenvalue weighted by atomic mass is 10.1. The largest absolute Gasteiger partial charge is 0.467 e. The molecule has 0 spiro atoms. The summed E-state index contributed by atoms with van der Waals surface area (Å²) >= 11 is 0. The molecule has 150 valence electrons. The van der Waals surface area contributed by atoms with Gasteiger partial charge in [-0.3, -0.25) is 9.59 Å². The van der Waals surface area contributed by atoms with Crippen molar-refractivity contribution in [3.63, 3.8) is 0 Å². The molecule has 29 heavy (non-hydrogen) atoms. The van der Waals surface area contributed by atoms with Crippen LogP contribution in [0, 0.1) is 6.92 Å². The lowest BCUT2D eigenvalue weighted by Crippen LogP contribution is -2.41. The number of carbonyl (C=O) groups is 2. The summed E-state index contributed by atoms with van der Waals surface area (Å²) in [6, 6.07) is 11.1. The van der Waals surface area contributed by atoms with E-state index >= 15 is 0 Å². The van der Waals surface area contributed by atoms with Gasteiger partial charge in [0.15, 0.2) is 0 Å². The van der Waals surface area contributed by atoms with E-state index in [0.29, 0.717) is 36.7 Å². The van der Waals surface area contributed by atoms with Gasteiger partial charge < -0.3 is 19.2 Å². The molecule has 1 atom stereocenters.